The number of nitriles is 2. The lowest BCUT2D eigenvalue weighted by Gasteiger charge is -1.70. The summed E-state index contributed by atoms with van der Waals surface area (Å²) in [4.78, 5) is 3.78. The normalized spacial score (nSPS) is 4.83. The maximum absolute atomic E-state index is 7.32. The van der Waals surface area contributed by atoms with Gasteiger partial charge in [0.05, 0.1) is 6.07 Å². The van der Waals surface area contributed by atoms with Crippen LogP contribution in [0.2, 0.25) is 0 Å². The molecule has 0 aromatic carbocycles. The second-order valence-corrected chi connectivity index (χ2v) is 1.25. The second-order valence-electron chi connectivity index (χ2n) is 1.25. The summed E-state index contributed by atoms with van der Waals surface area (Å²) >= 11 is 0. The molecule has 0 saturated carbocycles. The molecule has 1 rings (SSSR count). The van der Waals surface area contributed by atoms with Crippen LogP contribution >= 0.6 is 0 Å². The van der Waals surface area contributed by atoms with Crippen LogP contribution in [0.3, 0.4) is 0 Å². The molecule has 0 fully saturated rings. The summed E-state index contributed by atoms with van der Waals surface area (Å²) in [6, 6.07) is 7.47. The topological polar surface area (TPSA) is 60.5 Å². The maximum atomic E-state index is 7.32. The zero-order valence-electron chi connectivity index (χ0n) is 6.31. The van der Waals surface area contributed by atoms with Crippen LogP contribution < -0.4 is 0 Å². The minimum atomic E-state index is 0. The summed E-state index contributed by atoms with van der Waals surface area (Å²) in [6.45, 7) is 4.93. The number of nitrogens with zero attached hydrogens (tertiary/aromatic N) is 3. The quantitative estimate of drug-likeness (QED) is 0.590. The van der Waals surface area contributed by atoms with Gasteiger partial charge in [-0.3, -0.25) is 4.98 Å². The van der Waals surface area contributed by atoms with Crippen LogP contribution in [0.4, 0.5) is 0 Å². The fourth-order valence-corrected chi connectivity index (χ4v) is 0.313. The first-order valence-electron chi connectivity index (χ1n) is 2.83. The Hall–Kier alpha value is -1.87. The highest BCUT2D eigenvalue weighted by atomic mass is 14.6. The summed E-state index contributed by atoms with van der Waals surface area (Å²) in [5, 5.41) is 13.8. The molecule has 0 radical (unpaired) electrons. The van der Waals surface area contributed by atoms with Gasteiger partial charge < -0.3 is 0 Å². The van der Waals surface area contributed by atoms with Crippen molar-refractivity contribution in [2.75, 3.05) is 0 Å². The Balaban J connectivity index is -0.000000119. The van der Waals surface area contributed by atoms with Crippen LogP contribution in [0.1, 0.15) is 14.4 Å². The number of hydrogen-bond acceptors (Lipinski definition) is 3. The van der Waals surface area contributed by atoms with Gasteiger partial charge in [0.1, 0.15) is 0 Å². The van der Waals surface area contributed by atoms with E-state index in [0.29, 0.717) is 0 Å². The minimum absolute atomic E-state index is 0. The fraction of sp³-hybridized carbons (Fsp3) is 0.222. The van der Waals surface area contributed by atoms with Gasteiger partial charge in [0.25, 0.3) is 0 Å². The van der Waals surface area contributed by atoms with Crippen LogP contribution in [0.15, 0.2) is 30.6 Å². The van der Waals surface area contributed by atoms with E-state index in [1.807, 2.05) is 18.2 Å². The highest BCUT2D eigenvalue weighted by Crippen LogP contribution is 1.73. The Morgan fingerprint density at radius 1 is 1.17 bits per heavy atom. The Morgan fingerprint density at radius 2 is 1.50 bits per heavy atom. The van der Waals surface area contributed by atoms with E-state index in [4.69, 9.17) is 10.5 Å². The van der Waals surface area contributed by atoms with Gasteiger partial charge in [0.15, 0.2) is 0 Å². The summed E-state index contributed by atoms with van der Waals surface area (Å²) in [6.07, 6.45) is 3.50. The van der Waals surface area contributed by atoms with E-state index < -0.39 is 0 Å². The van der Waals surface area contributed by atoms with Gasteiger partial charge in [-0.15, -0.1) is 0 Å². The highest BCUT2D eigenvalue weighted by molar-refractivity contribution is 4.88. The lowest BCUT2D eigenvalue weighted by atomic mass is 10.5. The summed E-state index contributed by atoms with van der Waals surface area (Å²) in [7, 11) is 0. The zero-order valence-corrected chi connectivity index (χ0v) is 6.31. The first kappa shape index (κ1) is 16.6. The van der Waals surface area contributed by atoms with E-state index in [9.17, 15) is 0 Å². The highest BCUT2D eigenvalue weighted by Gasteiger charge is 1.58. The van der Waals surface area contributed by atoms with Crippen LogP contribution in [0.5, 0.6) is 0 Å². The van der Waals surface area contributed by atoms with Gasteiger partial charge in [0.2, 0.25) is 0 Å². The Bertz CT molecular complexity index is 171. The van der Waals surface area contributed by atoms with Crippen molar-refractivity contribution in [1.82, 2.24) is 4.98 Å². The third kappa shape index (κ3) is 24.2. The molecule has 0 aliphatic heterocycles. The molecular weight excluding hydrogens is 150 g/mol. The predicted octanol–water partition coefficient (Wildman–Crippen LogP) is 2.39. The third-order valence-corrected chi connectivity index (χ3v) is 0.566. The standard InChI is InChI=1S/C5H5N.C2H3N.CHN.CH4/c1-2-4-6-5-3-1;1-2-3;1-2;/h1-5H;1H3;1H;1H4. The smallest absolute Gasteiger partial charge is 0.0587 e. The van der Waals surface area contributed by atoms with Gasteiger partial charge in [-0.2, -0.15) is 5.26 Å². The van der Waals surface area contributed by atoms with Crippen LogP contribution in [0.25, 0.3) is 0 Å². The molecule has 1 aromatic heterocycles. The Labute approximate surface area is 73.9 Å². The molecule has 1 aromatic rings. The van der Waals surface area contributed by atoms with Crippen molar-refractivity contribution in [3.8, 4) is 12.6 Å². The van der Waals surface area contributed by atoms with Gasteiger partial charge in [0, 0.05) is 25.9 Å². The van der Waals surface area contributed by atoms with Crippen LogP contribution in [-0.4, -0.2) is 4.98 Å². The zero-order chi connectivity index (χ0) is 8.95. The van der Waals surface area contributed by atoms with Gasteiger partial charge in [-0.05, 0) is 12.1 Å². The molecule has 0 amide bonds. The van der Waals surface area contributed by atoms with E-state index in [2.05, 4.69) is 11.6 Å². The van der Waals surface area contributed by atoms with Gasteiger partial charge >= 0.3 is 0 Å². The van der Waals surface area contributed by atoms with Crippen molar-refractivity contribution in [3.63, 3.8) is 0 Å². The largest absolute Gasteiger partial charge is 0.265 e. The molecule has 3 heteroatoms. The van der Waals surface area contributed by atoms with Crippen molar-refractivity contribution in [1.29, 1.82) is 10.5 Å². The number of aromatic nitrogens is 1. The molecule has 3 nitrogen and oxygen atoms in total. The van der Waals surface area contributed by atoms with Crippen molar-refractivity contribution < 1.29 is 0 Å². The first-order valence-corrected chi connectivity index (χ1v) is 2.83. The second kappa shape index (κ2) is 22.9. The average Bonchev–Trinajstić information content (AvgIpc) is 2.12. The van der Waals surface area contributed by atoms with E-state index >= 15 is 0 Å². The van der Waals surface area contributed by atoms with E-state index in [1.165, 1.54) is 6.92 Å². The van der Waals surface area contributed by atoms with Crippen molar-refractivity contribution in [3.05, 3.63) is 30.6 Å². The maximum Gasteiger partial charge on any atom is 0.0587 e. The molecule has 0 aliphatic rings. The Kier molecular flexibility index (Phi) is 31.7. The molecule has 0 bridgehead atoms. The summed E-state index contributed by atoms with van der Waals surface area (Å²) in [5.41, 5.74) is 0. The SMILES string of the molecule is C.C#N.CC#N.c1ccncc1. The molecule has 0 atom stereocenters. The monoisotopic (exact) mass is 163 g/mol. The van der Waals surface area contributed by atoms with Gasteiger partial charge in [-0.25, -0.2) is 5.26 Å². The molecule has 0 N–H and O–H groups in total. The number of rotatable bonds is 0. The van der Waals surface area contributed by atoms with Crippen molar-refractivity contribution in [2.24, 2.45) is 0 Å². The first-order chi connectivity index (χ1) is 5.41. The van der Waals surface area contributed by atoms with Gasteiger partial charge in [-0.1, -0.05) is 13.5 Å². The van der Waals surface area contributed by atoms with Crippen LogP contribution in [0, 0.1) is 23.2 Å². The molecule has 0 saturated heterocycles. The summed E-state index contributed by atoms with van der Waals surface area (Å²) < 4.78 is 0. The number of hydrogen-bond donors (Lipinski definition) is 0. The lowest BCUT2D eigenvalue weighted by Crippen LogP contribution is -1.58. The lowest BCUT2D eigenvalue weighted by molar-refractivity contribution is 1.33. The van der Waals surface area contributed by atoms with E-state index in [0.717, 1.165) is 0 Å². The average molecular weight is 163 g/mol. The number of pyridine rings is 1. The molecule has 12 heavy (non-hydrogen) atoms. The predicted molar refractivity (Wildman–Crippen MR) is 48.9 cm³/mol. The Morgan fingerprint density at radius 3 is 1.58 bits per heavy atom. The molecule has 64 valence electrons. The third-order valence-electron chi connectivity index (χ3n) is 0.566. The van der Waals surface area contributed by atoms with E-state index in [-0.39, 0.29) is 7.43 Å². The van der Waals surface area contributed by atoms with Crippen molar-refractivity contribution >= 4 is 0 Å². The van der Waals surface area contributed by atoms with E-state index in [1.54, 1.807) is 18.5 Å². The molecule has 0 spiro atoms. The van der Waals surface area contributed by atoms with Crippen molar-refractivity contribution in [2.45, 2.75) is 14.4 Å². The molecule has 1 heterocycles. The molecule has 0 unspecified atom stereocenters. The molecule has 0 aliphatic carbocycles. The fourth-order valence-electron chi connectivity index (χ4n) is 0.313. The minimum Gasteiger partial charge on any atom is -0.265 e. The molecular formula is C9H13N3. The summed E-state index contributed by atoms with van der Waals surface area (Å²) in [5.74, 6) is 0. The van der Waals surface area contributed by atoms with Crippen LogP contribution in [-0.2, 0) is 0 Å².